The molecule has 48 heavy (non-hydrogen) atoms. The number of unbranched alkanes of at least 4 members (excludes halogenated alkanes) is 1. The van der Waals surface area contributed by atoms with Gasteiger partial charge in [-0.05, 0) is 69.1 Å². The molecule has 3 rings (SSSR count). The fourth-order valence-electron chi connectivity index (χ4n) is 7.36. The number of likely N-dealkylation sites (N-methyl/N-ethyl adjacent to an activating group) is 1. The zero-order valence-electron chi connectivity index (χ0n) is 30.3. The summed E-state index contributed by atoms with van der Waals surface area (Å²) in [5, 5.41) is 19.0. The molecule has 1 heterocycles. The molecule has 1 aliphatic heterocycles. The molecule has 3 fully saturated rings. The van der Waals surface area contributed by atoms with Crippen LogP contribution in [0, 0.1) is 23.7 Å². The number of nitrogens with zero attached hydrogens (tertiary/aromatic N) is 2. The van der Waals surface area contributed by atoms with Crippen molar-refractivity contribution in [2.45, 2.75) is 148 Å². The summed E-state index contributed by atoms with van der Waals surface area (Å²) >= 11 is 0. The van der Waals surface area contributed by atoms with Gasteiger partial charge in [-0.1, -0.05) is 59.8 Å². The van der Waals surface area contributed by atoms with Crippen molar-refractivity contribution in [3.05, 3.63) is 0 Å². The lowest BCUT2D eigenvalue weighted by Crippen LogP contribution is -2.62. The second-order valence-electron chi connectivity index (χ2n) is 15.3. The van der Waals surface area contributed by atoms with E-state index >= 15 is 0 Å². The first-order valence-electron chi connectivity index (χ1n) is 18.6. The van der Waals surface area contributed by atoms with Crippen molar-refractivity contribution in [2.75, 3.05) is 26.7 Å². The van der Waals surface area contributed by atoms with E-state index in [0.29, 0.717) is 25.3 Å². The average Bonchev–Trinajstić information content (AvgIpc) is 3.86. The van der Waals surface area contributed by atoms with Crippen molar-refractivity contribution < 1.29 is 29.1 Å². The largest absolute Gasteiger partial charge is 0.391 e. The number of Topliss-reactive ketones (excluding diaryl/α,β-unsaturated/α-hetero) is 1. The first-order chi connectivity index (χ1) is 22.8. The Morgan fingerprint density at radius 2 is 1.56 bits per heavy atom. The van der Waals surface area contributed by atoms with E-state index in [1.54, 1.807) is 11.9 Å². The Morgan fingerprint density at radius 3 is 2.12 bits per heavy atom. The van der Waals surface area contributed by atoms with E-state index in [0.717, 1.165) is 64.3 Å². The Kier molecular flexibility index (Phi) is 15.8. The molecule has 1 unspecified atom stereocenters. The Balaban J connectivity index is 2.08. The predicted octanol–water partition coefficient (Wildman–Crippen LogP) is 2.11. The molecule has 7 atom stereocenters. The van der Waals surface area contributed by atoms with Gasteiger partial charge in [-0.2, -0.15) is 0 Å². The van der Waals surface area contributed by atoms with Crippen LogP contribution in [0.15, 0.2) is 0 Å². The van der Waals surface area contributed by atoms with E-state index in [-0.39, 0.29) is 48.3 Å². The SMILES string of the molecule is CCCC[C@H]1C(=O)N(C)[C@@H](CC(C)C)C(=O)NC(C2CCCCC2)C(=O)N[C@@H](CN)C(=O)N[C@@H]([C@H](C)O)C(=O)C[C@H](C)CN1CC1CC1. The molecule has 0 radical (unpaired) electrons. The van der Waals surface area contributed by atoms with Gasteiger partial charge in [0.1, 0.15) is 24.2 Å². The fourth-order valence-corrected chi connectivity index (χ4v) is 7.36. The molecule has 2 aliphatic carbocycles. The van der Waals surface area contributed by atoms with Crippen molar-refractivity contribution in [3.8, 4) is 0 Å². The van der Waals surface area contributed by atoms with E-state index in [1.165, 1.54) is 6.92 Å². The molecule has 0 spiro atoms. The number of carbonyl (C=O) groups excluding carboxylic acids is 5. The summed E-state index contributed by atoms with van der Waals surface area (Å²) in [6, 6.07) is -4.54. The van der Waals surface area contributed by atoms with Crippen LogP contribution in [0.1, 0.15) is 112 Å². The molecule has 274 valence electrons. The second kappa shape index (κ2) is 19.0. The summed E-state index contributed by atoms with van der Waals surface area (Å²) in [6.45, 7) is 10.5. The van der Waals surface area contributed by atoms with E-state index in [1.807, 2.05) is 20.8 Å². The Hall–Kier alpha value is -2.57. The van der Waals surface area contributed by atoms with Gasteiger partial charge < -0.3 is 31.7 Å². The van der Waals surface area contributed by atoms with Crippen molar-refractivity contribution in [1.29, 1.82) is 0 Å². The topological polar surface area (TPSA) is 174 Å². The summed E-state index contributed by atoms with van der Waals surface area (Å²) in [7, 11) is 1.70. The molecule has 0 aromatic heterocycles. The number of amides is 4. The molecule has 0 aromatic carbocycles. The standard InChI is InChI=1S/C36H64N6O6/c1-7-8-14-28-36(48)41(6)29(17-22(2)3)34(46)40-32(26-12-10-9-11-13-26)35(47)38-27(19-37)33(45)39-31(24(5)43)30(44)18-23(4)20-42(28)21-25-15-16-25/h22-29,31-32,43H,7-21,37H2,1-6H3,(H,38,47)(H,39,45)(H,40,46)/t23-,24-,27-,28-,29-,31-,32?/m0/s1. The number of nitrogens with two attached hydrogens (primary N) is 1. The summed E-state index contributed by atoms with van der Waals surface area (Å²) < 4.78 is 0. The van der Waals surface area contributed by atoms with Crippen molar-refractivity contribution >= 4 is 29.4 Å². The third-order valence-electron chi connectivity index (χ3n) is 10.4. The smallest absolute Gasteiger partial charge is 0.244 e. The summed E-state index contributed by atoms with van der Waals surface area (Å²) in [5.41, 5.74) is 5.96. The highest BCUT2D eigenvalue weighted by atomic mass is 16.3. The van der Waals surface area contributed by atoms with Gasteiger partial charge in [-0.3, -0.25) is 28.9 Å². The van der Waals surface area contributed by atoms with Gasteiger partial charge in [0.05, 0.1) is 12.1 Å². The number of aliphatic hydroxyl groups excluding tert-OH is 1. The lowest BCUT2D eigenvalue weighted by atomic mass is 9.83. The first-order valence-corrected chi connectivity index (χ1v) is 18.6. The van der Waals surface area contributed by atoms with Crippen LogP contribution in [0.2, 0.25) is 0 Å². The van der Waals surface area contributed by atoms with Crippen molar-refractivity contribution in [1.82, 2.24) is 25.8 Å². The number of hydrogen-bond acceptors (Lipinski definition) is 8. The number of aliphatic hydroxyl groups is 1. The summed E-state index contributed by atoms with van der Waals surface area (Å²) in [5.74, 6) is -1.74. The molecule has 0 bridgehead atoms. The van der Waals surface area contributed by atoms with E-state index in [9.17, 15) is 29.1 Å². The predicted molar refractivity (Wildman–Crippen MR) is 186 cm³/mol. The lowest BCUT2D eigenvalue weighted by Gasteiger charge is -2.39. The normalized spacial score (nSPS) is 30.8. The highest BCUT2D eigenvalue weighted by Gasteiger charge is 2.40. The van der Waals surface area contributed by atoms with Crippen LogP contribution in [0.4, 0.5) is 0 Å². The number of carbonyl (C=O) groups is 5. The maximum absolute atomic E-state index is 14.5. The minimum absolute atomic E-state index is 0.0866. The lowest BCUT2D eigenvalue weighted by molar-refractivity contribution is -0.145. The second-order valence-corrected chi connectivity index (χ2v) is 15.3. The number of nitrogens with one attached hydrogen (secondary N) is 3. The maximum atomic E-state index is 14.5. The number of rotatable bonds is 10. The first kappa shape index (κ1) is 39.9. The molecule has 6 N–H and O–H groups in total. The molecule has 0 aromatic rings. The monoisotopic (exact) mass is 676 g/mol. The average molecular weight is 677 g/mol. The van der Waals surface area contributed by atoms with Crippen LogP contribution in [-0.4, -0.2) is 107 Å². The quantitative estimate of drug-likeness (QED) is 0.234. The third kappa shape index (κ3) is 11.5. The van der Waals surface area contributed by atoms with Gasteiger partial charge in [-0.15, -0.1) is 0 Å². The van der Waals surface area contributed by atoms with E-state index in [4.69, 9.17) is 5.73 Å². The number of ketones is 1. The molecule has 12 nitrogen and oxygen atoms in total. The zero-order valence-corrected chi connectivity index (χ0v) is 30.3. The summed E-state index contributed by atoms with van der Waals surface area (Å²) in [6.07, 6.45) is 8.28. The van der Waals surface area contributed by atoms with Gasteiger partial charge in [0.15, 0.2) is 5.78 Å². The highest BCUT2D eigenvalue weighted by molar-refractivity contribution is 5.96. The van der Waals surface area contributed by atoms with Crippen LogP contribution < -0.4 is 21.7 Å². The van der Waals surface area contributed by atoms with Crippen LogP contribution >= 0.6 is 0 Å². The van der Waals surface area contributed by atoms with Gasteiger partial charge in [0.2, 0.25) is 23.6 Å². The molecular formula is C36H64N6O6. The summed E-state index contributed by atoms with van der Waals surface area (Å²) in [4.78, 5) is 73.5. The van der Waals surface area contributed by atoms with Crippen LogP contribution in [0.3, 0.4) is 0 Å². The third-order valence-corrected chi connectivity index (χ3v) is 10.4. The van der Waals surface area contributed by atoms with Gasteiger partial charge in [0.25, 0.3) is 0 Å². The van der Waals surface area contributed by atoms with Gasteiger partial charge >= 0.3 is 0 Å². The molecule has 4 amide bonds. The minimum atomic E-state index is -1.18. The minimum Gasteiger partial charge on any atom is -0.391 e. The van der Waals surface area contributed by atoms with E-state index in [2.05, 4.69) is 27.8 Å². The Labute approximate surface area is 288 Å². The Morgan fingerprint density at radius 1 is 0.896 bits per heavy atom. The maximum Gasteiger partial charge on any atom is 0.244 e. The van der Waals surface area contributed by atoms with Crippen LogP contribution in [-0.2, 0) is 24.0 Å². The molecule has 2 saturated carbocycles. The Bertz CT molecular complexity index is 1090. The zero-order chi connectivity index (χ0) is 35.5. The van der Waals surface area contributed by atoms with Crippen LogP contribution in [0.25, 0.3) is 0 Å². The molecule has 12 heteroatoms. The van der Waals surface area contributed by atoms with Crippen molar-refractivity contribution in [3.63, 3.8) is 0 Å². The highest BCUT2D eigenvalue weighted by Crippen LogP contribution is 2.32. The fraction of sp³-hybridized carbons (Fsp3) is 0.861. The molecule has 3 aliphatic rings. The van der Waals surface area contributed by atoms with E-state index < -0.39 is 48.1 Å². The van der Waals surface area contributed by atoms with Gasteiger partial charge in [-0.25, -0.2) is 0 Å². The molecular weight excluding hydrogens is 612 g/mol. The van der Waals surface area contributed by atoms with Crippen LogP contribution in [0.5, 0.6) is 0 Å². The van der Waals surface area contributed by atoms with Gasteiger partial charge in [0, 0.05) is 33.1 Å². The number of hydrogen-bond donors (Lipinski definition) is 5. The van der Waals surface area contributed by atoms with Crippen molar-refractivity contribution in [2.24, 2.45) is 29.4 Å². The molecule has 1 saturated heterocycles.